The van der Waals surface area contributed by atoms with Crippen molar-refractivity contribution in [1.82, 2.24) is 14.5 Å². The highest BCUT2D eigenvalue weighted by Crippen LogP contribution is 2.40. The van der Waals surface area contributed by atoms with Crippen LogP contribution in [-0.2, 0) is 4.79 Å². The summed E-state index contributed by atoms with van der Waals surface area (Å²) in [5.41, 5.74) is -1.20. The third-order valence-electron chi connectivity index (χ3n) is 4.23. The maximum Gasteiger partial charge on any atom is 0.353 e. The average Bonchev–Trinajstić information content (AvgIpc) is 2.85. The van der Waals surface area contributed by atoms with Gasteiger partial charge >= 0.3 is 5.69 Å². The van der Waals surface area contributed by atoms with Crippen molar-refractivity contribution < 1.29 is 15.0 Å². The number of aromatic nitrogens is 3. The van der Waals surface area contributed by atoms with Crippen molar-refractivity contribution in [2.75, 3.05) is 11.9 Å². The van der Waals surface area contributed by atoms with E-state index in [1.165, 1.54) is 22.7 Å². The fourth-order valence-corrected chi connectivity index (χ4v) is 4.69. The SMILES string of the molecule is CC(C)(C)CC(C)(C)C(=O)Nc1ncn([C@H]2C[C@@H](O)[C@@H](CO)S2)c(=O)n1. The summed E-state index contributed by atoms with van der Waals surface area (Å²) in [7, 11) is 0. The first-order valence-electron chi connectivity index (χ1n) is 8.64. The summed E-state index contributed by atoms with van der Waals surface area (Å²) < 4.78 is 1.32. The van der Waals surface area contributed by atoms with Gasteiger partial charge in [0, 0.05) is 11.8 Å². The third kappa shape index (κ3) is 5.05. The van der Waals surface area contributed by atoms with E-state index in [4.69, 9.17) is 0 Å². The Bertz CT molecular complexity index is 713. The lowest BCUT2D eigenvalue weighted by Crippen LogP contribution is -2.36. The predicted octanol–water partition coefficient (Wildman–Crippen LogP) is 1.40. The lowest BCUT2D eigenvalue weighted by Gasteiger charge is -2.30. The van der Waals surface area contributed by atoms with Gasteiger partial charge in [-0.1, -0.05) is 34.6 Å². The molecule has 1 aliphatic rings. The van der Waals surface area contributed by atoms with Gasteiger partial charge in [0.15, 0.2) is 0 Å². The number of carbonyl (C=O) groups is 1. The highest BCUT2D eigenvalue weighted by atomic mass is 32.2. The summed E-state index contributed by atoms with van der Waals surface area (Å²) in [5, 5.41) is 21.1. The van der Waals surface area contributed by atoms with E-state index in [1.54, 1.807) is 0 Å². The number of hydrogen-bond donors (Lipinski definition) is 3. The molecule has 26 heavy (non-hydrogen) atoms. The van der Waals surface area contributed by atoms with Crippen molar-refractivity contribution in [1.29, 1.82) is 0 Å². The van der Waals surface area contributed by atoms with E-state index >= 15 is 0 Å². The van der Waals surface area contributed by atoms with E-state index < -0.39 is 17.2 Å². The minimum absolute atomic E-state index is 0.0190. The summed E-state index contributed by atoms with van der Waals surface area (Å²) in [6.07, 6.45) is 1.65. The molecule has 1 aromatic heterocycles. The molecule has 0 unspecified atom stereocenters. The molecular weight excluding hydrogens is 356 g/mol. The second kappa shape index (κ2) is 7.66. The molecule has 1 aliphatic heterocycles. The van der Waals surface area contributed by atoms with Crippen molar-refractivity contribution in [3.63, 3.8) is 0 Å². The van der Waals surface area contributed by atoms with Gasteiger partial charge in [-0.25, -0.2) is 9.78 Å². The van der Waals surface area contributed by atoms with Crippen LogP contribution in [0.4, 0.5) is 5.95 Å². The van der Waals surface area contributed by atoms with Gasteiger partial charge in [0.2, 0.25) is 11.9 Å². The van der Waals surface area contributed by atoms with Crippen LogP contribution in [0.2, 0.25) is 0 Å². The molecule has 8 nitrogen and oxygen atoms in total. The van der Waals surface area contributed by atoms with E-state index in [-0.39, 0.29) is 34.5 Å². The van der Waals surface area contributed by atoms with Gasteiger partial charge < -0.3 is 10.2 Å². The Morgan fingerprint density at radius 3 is 2.54 bits per heavy atom. The fourth-order valence-electron chi connectivity index (χ4n) is 3.33. The first kappa shape index (κ1) is 20.9. The highest BCUT2D eigenvalue weighted by molar-refractivity contribution is 8.00. The molecule has 9 heteroatoms. The van der Waals surface area contributed by atoms with Crippen LogP contribution in [0.25, 0.3) is 0 Å². The van der Waals surface area contributed by atoms with Crippen molar-refractivity contribution >= 4 is 23.6 Å². The molecule has 1 saturated heterocycles. The molecule has 3 N–H and O–H groups in total. The van der Waals surface area contributed by atoms with Gasteiger partial charge in [-0.15, -0.1) is 11.8 Å². The standard InChI is InChI=1S/C17H28N4O4S/c1-16(2,3)8-17(4,5)13(24)19-14-18-9-21(15(25)20-14)12-6-10(23)11(7-22)26-12/h9-12,22-23H,6-8H2,1-5H3,(H,19,20,24,25)/t10-,11-,12-/m1/s1. The van der Waals surface area contributed by atoms with Gasteiger partial charge in [-0.05, 0) is 11.8 Å². The quantitative estimate of drug-likeness (QED) is 0.702. The largest absolute Gasteiger partial charge is 0.395 e. The van der Waals surface area contributed by atoms with Crippen molar-refractivity contribution in [3.05, 3.63) is 16.8 Å². The normalized spacial score (nSPS) is 23.9. The number of amides is 1. The summed E-state index contributed by atoms with van der Waals surface area (Å²) in [6, 6.07) is 0. The van der Waals surface area contributed by atoms with Crippen molar-refractivity contribution in [2.45, 2.75) is 64.2 Å². The van der Waals surface area contributed by atoms with Gasteiger partial charge in [0.05, 0.1) is 23.3 Å². The van der Waals surface area contributed by atoms with E-state index in [9.17, 15) is 19.8 Å². The number of nitrogens with zero attached hydrogens (tertiary/aromatic N) is 3. The third-order valence-corrected chi connectivity index (χ3v) is 5.78. The number of nitrogens with one attached hydrogen (secondary N) is 1. The van der Waals surface area contributed by atoms with Crippen LogP contribution in [0, 0.1) is 10.8 Å². The number of aliphatic hydroxyl groups is 2. The number of carbonyl (C=O) groups excluding carboxylic acids is 1. The molecule has 1 amide bonds. The Hall–Kier alpha value is -1.45. The fraction of sp³-hybridized carbons (Fsp3) is 0.765. The molecular formula is C17H28N4O4S. The molecule has 0 bridgehead atoms. The summed E-state index contributed by atoms with van der Waals surface area (Å²) in [5.74, 6) is -0.268. The Kier molecular flexibility index (Phi) is 6.14. The Morgan fingerprint density at radius 1 is 1.38 bits per heavy atom. The molecule has 3 atom stereocenters. The lowest BCUT2D eigenvalue weighted by atomic mass is 9.76. The molecule has 2 rings (SSSR count). The summed E-state index contributed by atoms with van der Waals surface area (Å²) in [6.45, 7) is 9.73. The topological polar surface area (TPSA) is 117 Å². The molecule has 1 aromatic rings. The minimum atomic E-state index is -0.681. The second-order valence-corrected chi connectivity index (χ2v) is 9.98. The Morgan fingerprint density at radius 2 is 2.04 bits per heavy atom. The molecule has 1 fully saturated rings. The maximum absolute atomic E-state index is 12.5. The smallest absolute Gasteiger partial charge is 0.353 e. The highest BCUT2D eigenvalue weighted by Gasteiger charge is 2.35. The predicted molar refractivity (Wildman–Crippen MR) is 101 cm³/mol. The zero-order chi connectivity index (χ0) is 19.7. The number of hydrogen-bond acceptors (Lipinski definition) is 7. The van der Waals surface area contributed by atoms with Crippen LogP contribution in [-0.4, -0.2) is 48.6 Å². The number of anilines is 1. The number of rotatable bonds is 5. The van der Waals surface area contributed by atoms with Crippen molar-refractivity contribution in [2.24, 2.45) is 10.8 Å². The van der Waals surface area contributed by atoms with Crippen LogP contribution in [0.15, 0.2) is 11.1 Å². The number of aliphatic hydroxyl groups excluding tert-OH is 2. The first-order chi connectivity index (χ1) is 11.9. The summed E-state index contributed by atoms with van der Waals surface area (Å²) >= 11 is 1.31. The van der Waals surface area contributed by atoms with Gasteiger partial charge in [0.25, 0.3) is 0 Å². The van der Waals surface area contributed by atoms with Crippen LogP contribution in [0.5, 0.6) is 0 Å². The lowest BCUT2D eigenvalue weighted by molar-refractivity contribution is -0.125. The molecule has 146 valence electrons. The van der Waals surface area contributed by atoms with Crippen LogP contribution < -0.4 is 11.0 Å². The number of thioether (sulfide) groups is 1. The Labute approximate surface area is 157 Å². The van der Waals surface area contributed by atoms with Gasteiger partial charge in [-0.2, -0.15) is 4.98 Å². The second-order valence-electron chi connectivity index (χ2n) is 8.56. The summed E-state index contributed by atoms with van der Waals surface area (Å²) in [4.78, 5) is 32.7. The van der Waals surface area contributed by atoms with Crippen LogP contribution in [0.1, 0.15) is 52.8 Å². The van der Waals surface area contributed by atoms with Crippen LogP contribution >= 0.6 is 11.8 Å². The van der Waals surface area contributed by atoms with E-state index in [2.05, 4.69) is 36.1 Å². The van der Waals surface area contributed by atoms with Gasteiger partial charge in [-0.3, -0.25) is 14.7 Å². The Balaban J connectivity index is 2.10. The van der Waals surface area contributed by atoms with Crippen LogP contribution in [0.3, 0.4) is 0 Å². The van der Waals surface area contributed by atoms with E-state index in [0.29, 0.717) is 12.8 Å². The minimum Gasteiger partial charge on any atom is -0.395 e. The first-order valence-corrected chi connectivity index (χ1v) is 9.58. The molecule has 0 spiro atoms. The van der Waals surface area contributed by atoms with E-state index in [0.717, 1.165) is 0 Å². The monoisotopic (exact) mass is 384 g/mol. The average molecular weight is 385 g/mol. The zero-order valence-electron chi connectivity index (χ0n) is 15.9. The van der Waals surface area contributed by atoms with E-state index in [1.807, 2.05) is 13.8 Å². The zero-order valence-corrected chi connectivity index (χ0v) is 16.7. The van der Waals surface area contributed by atoms with Crippen molar-refractivity contribution in [3.8, 4) is 0 Å². The molecule has 0 aromatic carbocycles. The molecule has 0 radical (unpaired) electrons. The van der Waals surface area contributed by atoms with Gasteiger partial charge in [0.1, 0.15) is 6.33 Å². The molecule has 2 heterocycles. The maximum atomic E-state index is 12.5. The molecule has 0 aliphatic carbocycles. The molecule has 0 saturated carbocycles.